The average Bonchev–Trinajstić information content (AvgIpc) is 2.24. The lowest BCUT2D eigenvalue weighted by atomic mass is 10.1. The fourth-order valence-corrected chi connectivity index (χ4v) is 1.79. The van der Waals surface area contributed by atoms with Gasteiger partial charge in [-0.2, -0.15) is 0 Å². The lowest BCUT2D eigenvalue weighted by Crippen LogP contribution is -2.26. The third kappa shape index (κ3) is 4.73. The van der Waals surface area contributed by atoms with Crippen LogP contribution in [0.4, 0.5) is 0 Å². The first kappa shape index (κ1) is 13.8. The first-order chi connectivity index (χ1) is 7.63. The SMILES string of the molecule is O=C(Cc1ccc(Cl)c(Cl)c1)NCCCBr. The van der Waals surface area contributed by atoms with E-state index in [0.29, 0.717) is 23.0 Å². The van der Waals surface area contributed by atoms with Crippen LogP contribution in [0.25, 0.3) is 0 Å². The predicted molar refractivity (Wildman–Crippen MR) is 71.6 cm³/mol. The Kier molecular flexibility index (Phi) is 6.17. The highest BCUT2D eigenvalue weighted by Gasteiger charge is 2.04. The summed E-state index contributed by atoms with van der Waals surface area (Å²) in [5.41, 5.74) is 0.866. The molecule has 0 heterocycles. The standard InChI is InChI=1S/C11H12BrCl2NO/c12-4-1-5-15-11(16)7-8-2-3-9(13)10(14)6-8/h2-3,6H,1,4-5,7H2,(H,15,16). The smallest absolute Gasteiger partial charge is 0.224 e. The Bertz CT molecular complexity index is 371. The van der Waals surface area contributed by atoms with Crippen molar-refractivity contribution in [3.63, 3.8) is 0 Å². The second-order valence-electron chi connectivity index (χ2n) is 3.32. The van der Waals surface area contributed by atoms with Gasteiger partial charge in [0.25, 0.3) is 0 Å². The largest absolute Gasteiger partial charge is 0.356 e. The first-order valence-electron chi connectivity index (χ1n) is 4.90. The number of rotatable bonds is 5. The van der Waals surface area contributed by atoms with E-state index in [9.17, 15) is 4.79 Å². The van der Waals surface area contributed by atoms with Gasteiger partial charge in [0, 0.05) is 11.9 Å². The van der Waals surface area contributed by atoms with Crippen molar-refractivity contribution in [2.24, 2.45) is 0 Å². The second-order valence-corrected chi connectivity index (χ2v) is 4.93. The molecule has 0 unspecified atom stereocenters. The highest BCUT2D eigenvalue weighted by molar-refractivity contribution is 9.09. The Hall–Kier alpha value is -0.250. The van der Waals surface area contributed by atoms with Crippen molar-refractivity contribution in [3.8, 4) is 0 Å². The van der Waals surface area contributed by atoms with E-state index < -0.39 is 0 Å². The molecule has 1 amide bonds. The maximum absolute atomic E-state index is 11.5. The zero-order valence-electron chi connectivity index (χ0n) is 8.60. The maximum Gasteiger partial charge on any atom is 0.224 e. The van der Waals surface area contributed by atoms with Crippen LogP contribution in [0.1, 0.15) is 12.0 Å². The summed E-state index contributed by atoms with van der Waals surface area (Å²) in [6, 6.07) is 5.22. The molecule has 2 nitrogen and oxygen atoms in total. The van der Waals surface area contributed by atoms with Gasteiger partial charge in [0.05, 0.1) is 16.5 Å². The molecule has 0 atom stereocenters. The van der Waals surface area contributed by atoms with Crippen molar-refractivity contribution >= 4 is 45.0 Å². The van der Waals surface area contributed by atoms with E-state index in [4.69, 9.17) is 23.2 Å². The van der Waals surface area contributed by atoms with Gasteiger partial charge < -0.3 is 5.32 Å². The Morgan fingerprint density at radius 2 is 2.06 bits per heavy atom. The molecule has 0 aliphatic heterocycles. The van der Waals surface area contributed by atoms with Crippen LogP contribution in [-0.4, -0.2) is 17.8 Å². The highest BCUT2D eigenvalue weighted by atomic mass is 79.9. The van der Waals surface area contributed by atoms with Crippen LogP contribution in [0.3, 0.4) is 0 Å². The summed E-state index contributed by atoms with van der Waals surface area (Å²) in [5.74, 6) is -0.000612. The third-order valence-electron chi connectivity index (χ3n) is 1.98. The molecule has 0 aliphatic carbocycles. The molecule has 1 aromatic rings. The quantitative estimate of drug-likeness (QED) is 0.652. The number of halogens is 3. The zero-order valence-corrected chi connectivity index (χ0v) is 11.7. The summed E-state index contributed by atoms with van der Waals surface area (Å²) in [7, 11) is 0. The van der Waals surface area contributed by atoms with E-state index >= 15 is 0 Å². The summed E-state index contributed by atoms with van der Waals surface area (Å²) in [4.78, 5) is 11.5. The van der Waals surface area contributed by atoms with E-state index in [1.807, 2.05) is 0 Å². The van der Waals surface area contributed by atoms with Crippen molar-refractivity contribution in [3.05, 3.63) is 33.8 Å². The van der Waals surface area contributed by atoms with Crippen molar-refractivity contribution in [2.45, 2.75) is 12.8 Å². The number of amides is 1. The minimum atomic E-state index is -0.000612. The van der Waals surface area contributed by atoms with Crippen LogP contribution in [0, 0.1) is 0 Å². The van der Waals surface area contributed by atoms with Crippen molar-refractivity contribution < 1.29 is 4.79 Å². The molecule has 1 rings (SSSR count). The molecule has 88 valence electrons. The molecule has 0 bridgehead atoms. The van der Waals surface area contributed by atoms with Crippen molar-refractivity contribution in [1.29, 1.82) is 0 Å². The normalized spacial score (nSPS) is 10.2. The molecule has 0 fully saturated rings. The molecular formula is C11H12BrCl2NO. The van der Waals surface area contributed by atoms with Gasteiger partial charge in [-0.15, -0.1) is 0 Å². The number of alkyl halides is 1. The Balaban J connectivity index is 2.46. The van der Waals surface area contributed by atoms with Crippen LogP contribution in [-0.2, 0) is 11.2 Å². The molecule has 16 heavy (non-hydrogen) atoms. The molecule has 1 aromatic carbocycles. The summed E-state index contributed by atoms with van der Waals surface area (Å²) in [6.45, 7) is 0.686. The fourth-order valence-electron chi connectivity index (χ4n) is 1.19. The monoisotopic (exact) mass is 323 g/mol. The number of benzene rings is 1. The topological polar surface area (TPSA) is 29.1 Å². The number of hydrogen-bond acceptors (Lipinski definition) is 1. The van der Waals surface area contributed by atoms with E-state index in [1.165, 1.54) is 0 Å². The first-order valence-corrected chi connectivity index (χ1v) is 6.78. The molecule has 0 saturated carbocycles. The number of carbonyl (C=O) groups excluding carboxylic acids is 1. The van der Waals surface area contributed by atoms with Gasteiger partial charge in [0.15, 0.2) is 0 Å². The van der Waals surface area contributed by atoms with E-state index in [1.54, 1.807) is 18.2 Å². The van der Waals surface area contributed by atoms with E-state index in [-0.39, 0.29) is 5.91 Å². The minimum Gasteiger partial charge on any atom is -0.356 e. The zero-order chi connectivity index (χ0) is 12.0. The molecule has 0 saturated heterocycles. The molecule has 0 aromatic heterocycles. The predicted octanol–water partition coefficient (Wildman–Crippen LogP) is 3.44. The van der Waals surface area contributed by atoms with Crippen LogP contribution >= 0.6 is 39.1 Å². The fraction of sp³-hybridized carbons (Fsp3) is 0.364. The maximum atomic E-state index is 11.5. The Morgan fingerprint density at radius 3 is 2.69 bits per heavy atom. The van der Waals surface area contributed by atoms with Crippen LogP contribution < -0.4 is 5.32 Å². The van der Waals surface area contributed by atoms with Gasteiger partial charge in [0.1, 0.15) is 0 Å². The van der Waals surface area contributed by atoms with Crippen LogP contribution in [0.2, 0.25) is 10.0 Å². The van der Waals surface area contributed by atoms with Gasteiger partial charge in [-0.1, -0.05) is 45.2 Å². The van der Waals surface area contributed by atoms with Crippen molar-refractivity contribution in [2.75, 3.05) is 11.9 Å². The summed E-state index contributed by atoms with van der Waals surface area (Å²) >= 11 is 14.9. The summed E-state index contributed by atoms with van der Waals surface area (Å²) in [6.07, 6.45) is 1.26. The molecular weight excluding hydrogens is 313 g/mol. The van der Waals surface area contributed by atoms with Gasteiger partial charge in [-0.3, -0.25) is 4.79 Å². The van der Waals surface area contributed by atoms with Gasteiger partial charge in [-0.25, -0.2) is 0 Å². The van der Waals surface area contributed by atoms with Crippen LogP contribution in [0.15, 0.2) is 18.2 Å². The second kappa shape index (κ2) is 7.15. The third-order valence-corrected chi connectivity index (χ3v) is 3.28. The number of carbonyl (C=O) groups is 1. The summed E-state index contributed by atoms with van der Waals surface area (Å²) in [5, 5.41) is 4.69. The minimum absolute atomic E-state index is 0.000612. The molecule has 1 N–H and O–H groups in total. The van der Waals surface area contributed by atoms with Gasteiger partial charge in [-0.05, 0) is 24.1 Å². The Morgan fingerprint density at radius 1 is 1.31 bits per heavy atom. The molecule has 0 aliphatic rings. The van der Waals surface area contributed by atoms with E-state index in [2.05, 4.69) is 21.2 Å². The van der Waals surface area contributed by atoms with Gasteiger partial charge >= 0.3 is 0 Å². The van der Waals surface area contributed by atoms with E-state index in [0.717, 1.165) is 17.3 Å². The molecule has 5 heteroatoms. The van der Waals surface area contributed by atoms with Gasteiger partial charge in [0.2, 0.25) is 5.91 Å². The van der Waals surface area contributed by atoms with Crippen molar-refractivity contribution in [1.82, 2.24) is 5.32 Å². The number of nitrogens with one attached hydrogen (secondary N) is 1. The lowest BCUT2D eigenvalue weighted by molar-refractivity contribution is -0.120. The highest BCUT2D eigenvalue weighted by Crippen LogP contribution is 2.22. The molecule has 0 spiro atoms. The number of hydrogen-bond donors (Lipinski definition) is 1. The Labute approximate surface area is 113 Å². The average molecular weight is 325 g/mol. The lowest BCUT2D eigenvalue weighted by Gasteiger charge is -2.05. The summed E-state index contributed by atoms with van der Waals surface area (Å²) < 4.78 is 0. The van der Waals surface area contributed by atoms with Crippen LogP contribution in [0.5, 0.6) is 0 Å². The molecule has 0 radical (unpaired) electrons.